The zero-order chi connectivity index (χ0) is 13.5. The summed E-state index contributed by atoms with van der Waals surface area (Å²) < 4.78 is 0. The van der Waals surface area contributed by atoms with E-state index in [0.29, 0.717) is 31.9 Å². The van der Waals surface area contributed by atoms with E-state index in [4.69, 9.17) is 0 Å². The molecule has 0 saturated carbocycles. The van der Waals surface area contributed by atoms with Gasteiger partial charge in [-0.1, -0.05) is 0 Å². The highest BCUT2D eigenvalue weighted by molar-refractivity contribution is 6.06. The van der Waals surface area contributed by atoms with Gasteiger partial charge in [0.05, 0.1) is 0 Å². The Hall–Kier alpha value is -2.18. The van der Waals surface area contributed by atoms with E-state index >= 15 is 0 Å². The van der Waals surface area contributed by atoms with Crippen molar-refractivity contribution in [3.8, 4) is 0 Å². The predicted octanol–water partition coefficient (Wildman–Crippen LogP) is -0.00280. The molecule has 2 aliphatic rings. The first-order valence-electron chi connectivity index (χ1n) is 6.25. The van der Waals surface area contributed by atoms with Crippen molar-refractivity contribution in [2.45, 2.75) is 18.4 Å². The van der Waals surface area contributed by atoms with Crippen LogP contribution in [0.25, 0.3) is 0 Å². The number of rotatable bonds is 1. The average molecular weight is 261 g/mol. The van der Waals surface area contributed by atoms with E-state index in [1.165, 1.54) is 7.05 Å². The van der Waals surface area contributed by atoms with Crippen LogP contribution in [-0.2, 0) is 4.79 Å². The van der Waals surface area contributed by atoms with E-state index in [1.807, 2.05) is 4.90 Å². The summed E-state index contributed by atoms with van der Waals surface area (Å²) in [5.41, 5.74) is -0.725. The van der Waals surface area contributed by atoms with Crippen molar-refractivity contribution < 1.29 is 9.59 Å². The molecule has 0 atom stereocenters. The van der Waals surface area contributed by atoms with Crippen LogP contribution >= 0.6 is 0 Å². The Morgan fingerprint density at radius 3 is 2.37 bits per heavy atom. The summed E-state index contributed by atoms with van der Waals surface area (Å²) in [6.07, 6.45) is 4.56. The third kappa shape index (κ3) is 1.81. The van der Waals surface area contributed by atoms with E-state index in [2.05, 4.69) is 15.3 Å². The zero-order valence-electron chi connectivity index (χ0n) is 10.7. The summed E-state index contributed by atoms with van der Waals surface area (Å²) in [6, 6.07) is 1.46. The van der Waals surface area contributed by atoms with E-state index in [9.17, 15) is 9.59 Å². The van der Waals surface area contributed by atoms with Crippen LogP contribution in [0.2, 0.25) is 0 Å². The van der Waals surface area contributed by atoms with Crippen molar-refractivity contribution in [3.63, 3.8) is 0 Å². The van der Waals surface area contributed by atoms with Crippen molar-refractivity contribution >= 4 is 17.9 Å². The van der Waals surface area contributed by atoms with E-state index in [-0.39, 0.29) is 11.9 Å². The molecule has 0 bridgehead atoms. The molecular formula is C12H15N5O2. The second-order valence-electron chi connectivity index (χ2n) is 4.91. The number of nitrogens with zero attached hydrogens (tertiary/aromatic N) is 4. The third-order valence-corrected chi connectivity index (χ3v) is 3.82. The normalized spacial score (nSPS) is 21.9. The Morgan fingerprint density at radius 1 is 1.21 bits per heavy atom. The van der Waals surface area contributed by atoms with Gasteiger partial charge in [-0.3, -0.25) is 9.69 Å². The number of amides is 3. The molecule has 0 aromatic carbocycles. The highest BCUT2D eigenvalue weighted by Crippen LogP contribution is 2.29. The van der Waals surface area contributed by atoms with Gasteiger partial charge < -0.3 is 10.2 Å². The number of hydrogen-bond acceptors (Lipinski definition) is 5. The Bertz CT molecular complexity index is 510. The number of aromatic nitrogens is 2. The zero-order valence-corrected chi connectivity index (χ0v) is 10.7. The Kier molecular flexibility index (Phi) is 2.62. The van der Waals surface area contributed by atoms with Gasteiger partial charge in [-0.15, -0.1) is 0 Å². The molecule has 0 aliphatic carbocycles. The topological polar surface area (TPSA) is 78.4 Å². The molecule has 2 fully saturated rings. The second-order valence-corrected chi connectivity index (χ2v) is 4.91. The monoisotopic (exact) mass is 261 g/mol. The van der Waals surface area contributed by atoms with Gasteiger partial charge in [0, 0.05) is 32.5 Å². The Balaban J connectivity index is 1.74. The summed E-state index contributed by atoms with van der Waals surface area (Å²) in [5.74, 6) is 0.536. The minimum absolute atomic E-state index is 0.133. The predicted molar refractivity (Wildman–Crippen MR) is 67.5 cm³/mol. The number of urea groups is 1. The maximum absolute atomic E-state index is 12.1. The molecule has 3 rings (SSSR count). The highest BCUT2D eigenvalue weighted by atomic mass is 16.2. The molecule has 19 heavy (non-hydrogen) atoms. The first-order chi connectivity index (χ1) is 9.12. The van der Waals surface area contributed by atoms with E-state index in [1.54, 1.807) is 18.5 Å². The quantitative estimate of drug-likeness (QED) is 0.720. The van der Waals surface area contributed by atoms with Gasteiger partial charge in [0.2, 0.25) is 5.95 Å². The number of carbonyl (C=O) groups is 2. The van der Waals surface area contributed by atoms with E-state index in [0.717, 1.165) is 4.90 Å². The molecule has 1 aromatic heterocycles. The van der Waals surface area contributed by atoms with Gasteiger partial charge >= 0.3 is 6.03 Å². The summed E-state index contributed by atoms with van der Waals surface area (Å²) in [6.45, 7) is 1.31. The lowest BCUT2D eigenvalue weighted by molar-refractivity contribution is -0.131. The fourth-order valence-corrected chi connectivity index (χ4v) is 2.64. The Morgan fingerprint density at radius 2 is 1.84 bits per heavy atom. The summed E-state index contributed by atoms with van der Waals surface area (Å²) in [7, 11) is 1.51. The van der Waals surface area contributed by atoms with Crippen molar-refractivity contribution in [2.24, 2.45) is 0 Å². The smallest absolute Gasteiger partial charge is 0.324 e. The van der Waals surface area contributed by atoms with Crippen molar-refractivity contribution in [3.05, 3.63) is 18.5 Å². The SMILES string of the molecule is CN1C(=O)NC2(CCN(c3ncccn3)CC2)C1=O. The number of anilines is 1. The average Bonchev–Trinajstić information content (AvgIpc) is 2.66. The van der Waals surface area contributed by atoms with Crippen molar-refractivity contribution in [1.29, 1.82) is 0 Å². The molecule has 1 N–H and O–H groups in total. The van der Waals surface area contributed by atoms with Gasteiger partial charge in [-0.05, 0) is 18.9 Å². The molecule has 1 spiro atoms. The number of carbonyl (C=O) groups excluding carboxylic acids is 2. The largest absolute Gasteiger partial charge is 0.341 e. The summed E-state index contributed by atoms with van der Waals surface area (Å²) >= 11 is 0. The molecule has 100 valence electrons. The lowest BCUT2D eigenvalue weighted by atomic mass is 9.87. The minimum atomic E-state index is -0.725. The van der Waals surface area contributed by atoms with Crippen LogP contribution in [0.15, 0.2) is 18.5 Å². The van der Waals surface area contributed by atoms with Crippen LogP contribution in [0.4, 0.5) is 10.7 Å². The molecule has 3 heterocycles. The molecule has 0 radical (unpaired) electrons. The van der Waals surface area contributed by atoms with Crippen LogP contribution < -0.4 is 10.2 Å². The summed E-state index contributed by atoms with van der Waals surface area (Å²) in [5, 5.41) is 2.81. The highest BCUT2D eigenvalue weighted by Gasteiger charge is 2.51. The first-order valence-corrected chi connectivity index (χ1v) is 6.25. The first kappa shape index (κ1) is 11.9. The molecule has 7 heteroatoms. The Labute approximate surface area is 110 Å². The number of nitrogens with one attached hydrogen (secondary N) is 1. The molecule has 2 saturated heterocycles. The van der Waals surface area contributed by atoms with Crippen molar-refractivity contribution in [2.75, 3.05) is 25.0 Å². The number of imide groups is 1. The lowest BCUT2D eigenvalue weighted by Crippen LogP contribution is -2.55. The fraction of sp³-hybridized carbons (Fsp3) is 0.500. The van der Waals surface area contributed by atoms with Gasteiger partial charge in [-0.2, -0.15) is 0 Å². The molecule has 0 unspecified atom stereocenters. The number of likely N-dealkylation sites (N-methyl/N-ethyl adjacent to an activating group) is 1. The van der Waals surface area contributed by atoms with Crippen LogP contribution in [0, 0.1) is 0 Å². The molecule has 1 aromatic rings. The van der Waals surface area contributed by atoms with Crippen LogP contribution in [0.3, 0.4) is 0 Å². The molecule has 2 aliphatic heterocycles. The maximum Gasteiger partial charge on any atom is 0.324 e. The minimum Gasteiger partial charge on any atom is -0.341 e. The fourth-order valence-electron chi connectivity index (χ4n) is 2.64. The molecule has 7 nitrogen and oxygen atoms in total. The van der Waals surface area contributed by atoms with Crippen LogP contribution in [0.5, 0.6) is 0 Å². The van der Waals surface area contributed by atoms with Crippen molar-refractivity contribution in [1.82, 2.24) is 20.2 Å². The molecular weight excluding hydrogens is 246 g/mol. The summed E-state index contributed by atoms with van der Waals surface area (Å²) in [4.78, 5) is 35.3. The van der Waals surface area contributed by atoms with E-state index < -0.39 is 5.54 Å². The van der Waals surface area contributed by atoms with Crippen LogP contribution in [-0.4, -0.2) is 52.5 Å². The van der Waals surface area contributed by atoms with Crippen LogP contribution in [0.1, 0.15) is 12.8 Å². The number of piperidine rings is 1. The van der Waals surface area contributed by atoms with Gasteiger partial charge in [0.25, 0.3) is 5.91 Å². The standard InChI is InChI=1S/C12H15N5O2/c1-16-9(18)12(15-11(16)19)3-7-17(8-4-12)10-13-5-2-6-14-10/h2,5-6H,3-4,7-8H2,1H3,(H,15,19). The second kappa shape index (κ2) is 4.18. The molecule has 3 amide bonds. The van der Waals surface area contributed by atoms with Gasteiger partial charge in [-0.25, -0.2) is 14.8 Å². The number of hydrogen-bond donors (Lipinski definition) is 1. The maximum atomic E-state index is 12.1. The lowest BCUT2D eigenvalue weighted by Gasteiger charge is -2.37. The van der Waals surface area contributed by atoms with Gasteiger partial charge in [0.15, 0.2) is 0 Å². The van der Waals surface area contributed by atoms with Gasteiger partial charge in [0.1, 0.15) is 5.54 Å². The third-order valence-electron chi connectivity index (χ3n) is 3.82.